The van der Waals surface area contributed by atoms with Gasteiger partial charge in [0.05, 0.1) is 17.2 Å². The van der Waals surface area contributed by atoms with E-state index in [9.17, 15) is 10.1 Å². The second-order valence-corrected chi connectivity index (χ2v) is 9.52. The molecule has 1 aromatic heterocycles. The third-order valence-corrected chi connectivity index (χ3v) is 7.43. The summed E-state index contributed by atoms with van der Waals surface area (Å²) in [5.41, 5.74) is 6.62. The molecule has 154 valence electrons. The smallest absolute Gasteiger partial charge is 0.191 e. The molecule has 1 saturated heterocycles. The fourth-order valence-corrected chi connectivity index (χ4v) is 5.70. The van der Waals surface area contributed by atoms with E-state index in [2.05, 4.69) is 42.8 Å². The molecule has 0 bridgehead atoms. The highest BCUT2D eigenvalue weighted by Gasteiger charge is 2.43. The third-order valence-electron chi connectivity index (χ3n) is 7.43. The van der Waals surface area contributed by atoms with Crippen LogP contribution < -0.4 is 0 Å². The lowest BCUT2D eigenvalue weighted by molar-refractivity contribution is 0.101. The Balaban J connectivity index is 1.67. The molecule has 3 aliphatic rings. The number of H-pyrrole nitrogens is 1. The van der Waals surface area contributed by atoms with E-state index in [0.29, 0.717) is 11.5 Å². The highest BCUT2D eigenvalue weighted by atomic mass is 16.1. The summed E-state index contributed by atoms with van der Waals surface area (Å²) in [5, 5.41) is 10.2. The number of piperidine rings is 1. The topological polar surface area (TPSA) is 59.9 Å². The van der Waals surface area contributed by atoms with Crippen molar-refractivity contribution in [2.24, 2.45) is 5.92 Å². The van der Waals surface area contributed by atoms with Crippen LogP contribution >= 0.6 is 0 Å². The van der Waals surface area contributed by atoms with Crippen LogP contribution in [-0.4, -0.2) is 28.8 Å². The van der Waals surface area contributed by atoms with Crippen molar-refractivity contribution in [2.45, 2.75) is 58.3 Å². The standard InChI is InChI=1S/C26H29N3O/c1-4-17-13-19-20(14-22(17)29-10-6-5-7-11-29)26(2,3)25-23(24(19)30)18-9-8-16(15-27)12-21(18)28-25/h8-9,12,14,17,28H,4-7,10-11,13H2,1-3H3. The van der Waals surface area contributed by atoms with Gasteiger partial charge in [0.15, 0.2) is 5.78 Å². The van der Waals surface area contributed by atoms with E-state index in [-0.39, 0.29) is 11.2 Å². The fraction of sp³-hybridized carbons (Fsp3) is 0.462. The molecular weight excluding hydrogens is 370 g/mol. The number of hydrogen-bond donors (Lipinski definition) is 1. The summed E-state index contributed by atoms with van der Waals surface area (Å²) in [4.78, 5) is 19.8. The molecule has 0 saturated carbocycles. The number of likely N-dealkylation sites (tertiary alicyclic amines) is 1. The van der Waals surface area contributed by atoms with Gasteiger partial charge in [-0.05, 0) is 55.9 Å². The predicted octanol–water partition coefficient (Wildman–Crippen LogP) is 5.61. The molecule has 1 N–H and O–H groups in total. The van der Waals surface area contributed by atoms with Crippen molar-refractivity contribution in [1.29, 1.82) is 5.26 Å². The van der Waals surface area contributed by atoms with Crippen LogP contribution in [0.5, 0.6) is 0 Å². The molecule has 4 heteroatoms. The van der Waals surface area contributed by atoms with Crippen LogP contribution in [0.15, 0.2) is 41.1 Å². The van der Waals surface area contributed by atoms with Crippen LogP contribution in [0, 0.1) is 17.2 Å². The molecule has 2 heterocycles. The number of ketones is 1. The van der Waals surface area contributed by atoms with Crippen molar-refractivity contribution in [3.63, 3.8) is 0 Å². The lowest BCUT2D eigenvalue weighted by Gasteiger charge is -2.42. The molecule has 1 atom stereocenters. The second-order valence-electron chi connectivity index (χ2n) is 9.52. The summed E-state index contributed by atoms with van der Waals surface area (Å²) in [5.74, 6) is 0.584. The average Bonchev–Trinajstić information content (AvgIpc) is 3.17. The largest absolute Gasteiger partial charge is 0.375 e. The van der Waals surface area contributed by atoms with Crippen molar-refractivity contribution in [1.82, 2.24) is 9.88 Å². The number of carbonyl (C=O) groups excluding carboxylic acids is 1. The first-order valence-corrected chi connectivity index (χ1v) is 11.3. The zero-order chi connectivity index (χ0) is 21.0. The molecule has 1 aromatic carbocycles. The SMILES string of the molecule is CCC1CC2=C(C=C1N1CCCCC1)C(C)(C)c1[nH]c3cc(C#N)ccc3c1C2=O. The van der Waals surface area contributed by atoms with E-state index in [4.69, 9.17) is 0 Å². The third kappa shape index (κ3) is 2.68. The maximum Gasteiger partial charge on any atom is 0.191 e. The van der Waals surface area contributed by atoms with Crippen molar-refractivity contribution >= 4 is 16.7 Å². The molecule has 5 rings (SSSR count). The van der Waals surface area contributed by atoms with Gasteiger partial charge in [-0.1, -0.05) is 26.8 Å². The molecule has 0 spiro atoms. The van der Waals surface area contributed by atoms with E-state index in [1.54, 1.807) is 0 Å². The average molecular weight is 400 g/mol. The Labute approximate surface area is 178 Å². The minimum atomic E-state index is -0.274. The molecule has 1 aliphatic heterocycles. The van der Waals surface area contributed by atoms with Gasteiger partial charge in [0, 0.05) is 52.3 Å². The van der Waals surface area contributed by atoms with Crippen LogP contribution in [0.3, 0.4) is 0 Å². The van der Waals surface area contributed by atoms with Crippen LogP contribution in [0.4, 0.5) is 0 Å². The van der Waals surface area contributed by atoms with E-state index < -0.39 is 0 Å². The molecule has 0 amide bonds. The number of fused-ring (bicyclic) bond motifs is 3. The van der Waals surface area contributed by atoms with Gasteiger partial charge in [0.1, 0.15) is 0 Å². The first-order chi connectivity index (χ1) is 14.5. The Hall–Kier alpha value is -2.80. The number of benzene rings is 1. The van der Waals surface area contributed by atoms with Gasteiger partial charge in [-0.15, -0.1) is 0 Å². The minimum absolute atomic E-state index is 0.169. The Morgan fingerprint density at radius 3 is 2.70 bits per heavy atom. The lowest BCUT2D eigenvalue weighted by atomic mass is 9.66. The summed E-state index contributed by atoms with van der Waals surface area (Å²) in [6.07, 6.45) is 8.08. The van der Waals surface area contributed by atoms with Crippen LogP contribution in [0.25, 0.3) is 10.9 Å². The summed E-state index contributed by atoms with van der Waals surface area (Å²) < 4.78 is 0. The van der Waals surface area contributed by atoms with Crippen molar-refractivity contribution in [2.75, 3.05) is 13.1 Å². The van der Waals surface area contributed by atoms with Crippen molar-refractivity contribution in [3.8, 4) is 6.07 Å². The minimum Gasteiger partial charge on any atom is -0.375 e. The van der Waals surface area contributed by atoms with E-state index >= 15 is 0 Å². The lowest BCUT2D eigenvalue weighted by Crippen LogP contribution is -2.38. The van der Waals surface area contributed by atoms with Gasteiger partial charge < -0.3 is 9.88 Å². The zero-order valence-corrected chi connectivity index (χ0v) is 18.1. The molecule has 2 aromatic rings. The molecule has 30 heavy (non-hydrogen) atoms. The predicted molar refractivity (Wildman–Crippen MR) is 119 cm³/mol. The highest BCUT2D eigenvalue weighted by Crippen LogP contribution is 2.49. The number of nitriles is 1. The number of nitrogens with zero attached hydrogens (tertiary/aromatic N) is 2. The number of aromatic nitrogens is 1. The van der Waals surface area contributed by atoms with Gasteiger partial charge in [-0.2, -0.15) is 5.26 Å². The fourth-order valence-electron chi connectivity index (χ4n) is 5.70. The van der Waals surface area contributed by atoms with E-state index in [1.165, 1.54) is 30.5 Å². The second kappa shape index (κ2) is 6.87. The number of Topliss-reactive ketones (excluding diaryl/α,β-unsaturated/α-hetero) is 1. The van der Waals surface area contributed by atoms with Crippen molar-refractivity contribution in [3.05, 3.63) is 57.9 Å². The summed E-state index contributed by atoms with van der Waals surface area (Å²) in [7, 11) is 0. The number of rotatable bonds is 2. The van der Waals surface area contributed by atoms with Gasteiger partial charge >= 0.3 is 0 Å². The van der Waals surface area contributed by atoms with Gasteiger partial charge in [0.2, 0.25) is 0 Å². The highest BCUT2D eigenvalue weighted by molar-refractivity contribution is 6.19. The van der Waals surface area contributed by atoms with E-state index in [1.807, 2.05) is 18.2 Å². The van der Waals surface area contributed by atoms with Gasteiger partial charge in [-0.25, -0.2) is 0 Å². The van der Waals surface area contributed by atoms with Crippen LogP contribution in [0.1, 0.15) is 74.5 Å². The number of hydrogen-bond acceptors (Lipinski definition) is 3. The first kappa shape index (κ1) is 19.2. The summed E-state index contributed by atoms with van der Waals surface area (Å²) in [6, 6.07) is 7.81. The number of carbonyl (C=O) groups is 1. The molecule has 2 aliphatic carbocycles. The number of allylic oxidation sites excluding steroid dienone is 4. The van der Waals surface area contributed by atoms with E-state index in [0.717, 1.165) is 53.7 Å². The van der Waals surface area contributed by atoms with Crippen LogP contribution in [-0.2, 0) is 5.41 Å². The number of aromatic amines is 1. The quantitative estimate of drug-likeness (QED) is 0.714. The summed E-state index contributed by atoms with van der Waals surface area (Å²) >= 11 is 0. The Bertz CT molecular complexity index is 1150. The Morgan fingerprint density at radius 2 is 2.00 bits per heavy atom. The van der Waals surface area contributed by atoms with Crippen LogP contribution in [0.2, 0.25) is 0 Å². The molecular formula is C26H29N3O. The Kier molecular flexibility index (Phi) is 4.39. The normalized spacial score (nSPS) is 23.1. The van der Waals surface area contributed by atoms with Crippen molar-refractivity contribution < 1.29 is 4.79 Å². The van der Waals surface area contributed by atoms with Gasteiger partial charge in [0.25, 0.3) is 0 Å². The first-order valence-electron chi connectivity index (χ1n) is 11.3. The number of nitrogens with one attached hydrogen (secondary N) is 1. The zero-order valence-electron chi connectivity index (χ0n) is 18.1. The maximum atomic E-state index is 13.7. The maximum absolute atomic E-state index is 13.7. The molecule has 4 nitrogen and oxygen atoms in total. The molecule has 0 radical (unpaired) electrons. The summed E-state index contributed by atoms with van der Waals surface area (Å²) in [6.45, 7) is 8.96. The Morgan fingerprint density at radius 1 is 1.23 bits per heavy atom. The molecule has 1 unspecified atom stereocenters. The molecule has 1 fully saturated rings. The van der Waals surface area contributed by atoms with Gasteiger partial charge in [-0.3, -0.25) is 4.79 Å². The monoisotopic (exact) mass is 399 g/mol.